The van der Waals surface area contributed by atoms with E-state index in [0.29, 0.717) is 0 Å². The van der Waals surface area contributed by atoms with Gasteiger partial charge in [-0.1, -0.05) is 0 Å². The van der Waals surface area contributed by atoms with Gasteiger partial charge in [-0.05, 0) is 0 Å². The summed E-state index contributed by atoms with van der Waals surface area (Å²) in [6.07, 6.45) is 33.2. The van der Waals surface area contributed by atoms with Crippen molar-refractivity contribution < 1.29 is 16.5 Å². The average Bonchev–Trinajstić information content (AvgIpc) is 3.38. The van der Waals surface area contributed by atoms with Gasteiger partial charge in [0.05, 0.1) is 0 Å². The molecule has 6 aromatic rings. The van der Waals surface area contributed by atoms with Gasteiger partial charge in [0, 0.05) is 0 Å². The molecule has 67 heavy (non-hydrogen) atoms. The molecule has 3 heterocycles. The van der Waals surface area contributed by atoms with Crippen molar-refractivity contribution in [3.05, 3.63) is 214 Å². The predicted molar refractivity (Wildman–Crippen MR) is 285 cm³/mol. The van der Waals surface area contributed by atoms with Gasteiger partial charge in [0.2, 0.25) is 0 Å². The maximum absolute atomic E-state index is 2.84. The molecule has 0 amide bonds. The second-order valence-corrected chi connectivity index (χ2v) is 25.1. The molecule has 348 valence electrons. The molecule has 0 saturated carbocycles. The summed E-state index contributed by atoms with van der Waals surface area (Å²) in [5.74, 6) is 0. The molecule has 0 aliphatic carbocycles. The van der Waals surface area contributed by atoms with Gasteiger partial charge in [-0.15, -0.1) is 0 Å². The van der Waals surface area contributed by atoms with Crippen LogP contribution in [0.25, 0.3) is 18.2 Å². The molecule has 0 N–H and O–H groups in total. The molecule has 3 aliphatic heterocycles. The third-order valence-electron chi connectivity index (χ3n) is 13.9. The molecule has 0 radical (unpaired) electrons. The van der Waals surface area contributed by atoms with E-state index in [-0.39, 0.29) is 13.7 Å². The topological polar surface area (TPSA) is 9.72 Å². The summed E-state index contributed by atoms with van der Waals surface area (Å²) in [6.45, 7) is 6.90. The van der Waals surface area contributed by atoms with Crippen LogP contribution in [0.1, 0.15) is 162 Å². The van der Waals surface area contributed by atoms with Gasteiger partial charge in [0.15, 0.2) is 0 Å². The summed E-state index contributed by atoms with van der Waals surface area (Å²) in [7, 11) is 0. The molecule has 3 aliphatic rings. The first-order valence-corrected chi connectivity index (χ1v) is 29.8. The zero-order valence-corrected chi connectivity index (χ0v) is 42.7. The van der Waals surface area contributed by atoms with Gasteiger partial charge in [0.1, 0.15) is 0 Å². The van der Waals surface area contributed by atoms with E-state index in [1.54, 1.807) is 0 Å². The van der Waals surface area contributed by atoms with E-state index in [1.165, 1.54) is 144 Å². The molecule has 3 nitrogen and oxygen atoms in total. The zero-order valence-electron chi connectivity index (χ0n) is 40.3. The number of unbranched alkanes of at least 4 members (excludes halogenated alkanes) is 9. The Labute approximate surface area is 409 Å². The second-order valence-electron chi connectivity index (χ2n) is 18.8. The summed E-state index contributed by atoms with van der Waals surface area (Å²) in [6, 6.07) is 57.0. The molecule has 3 atom stereocenters. The van der Waals surface area contributed by atoms with E-state index in [4.69, 9.17) is 0 Å². The van der Waals surface area contributed by atoms with Crippen molar-refractivity contribution in [2.45, 2.75) is 131 Å². The van der Waals surface area contributed by atoms with Gasteiger partial charge in [-0.3, -0.25) is 0 Å². The van der Waals surface area contributed by atoms with Gasteiger partial charge in [-0.25, -0.2) is 0 Å². The summed E-state index contributed by atoms with van der Waals surface area (Å²) < 4.78 is 0.393. The predicted octanol–water partition coefficient (Wildman–Crippen LogP) is 17.5. The first-order valence-electron chi connectivity index (χ1n) is 25.7. The van der Waals surface area contributed by atoms with Crippen LogP contribution in [0.5, 0.6) is 0 Å². The van der Waals surface area contributed by atoms with Crippen molar-refractivity contribution in [2.24, 2.45) is 0 Å². The van der Waals surface area contributed by atoms with Crippen molar-refractivity contribution in [1.29, 1.82) is 0 Å². The maximum atomic E-state index is 2.70. The van der Waals surface area contributed by atoms with Crippen LogP contribution in [0, 0.1) is 0 Å². The number of hydrogen-bond donors (Lipinski definition) is 0. The fourth-order valence-corrected chi connectivity index (χ4v) is 20.7. The zero-order chi connectivity index (χ0) is 45.8. The molecule has 0 aromatic heterocycles. The molecule has 0 fully saturated rings. The van der Waals surface area contributed by atoms with Crippen molar-refractivity contribution >= 4 is 35.3 Å². The van der Waals surface area contributed by atoms with Crippen LogP contribution in [0.4, 0.5) is 17.1 Å². The molecule has 0 spiro atoms. The SMILES string of the molecule is CCCCCCc1ccc(N2C=Cc3ccccc3[CH]2[Ir]([CH]2c3ccccc3C=CN2c2ccc(CCCCCC)cc2)[CH]2c3ccccc3C=CN2c2ccc(CCCCCC)cc2)cc1. The Bertz CT molecular complexity index is 2300. The number of nitrogens with zero attached hydrogens (tertiary/aromatic N) is 3. The first-order chi connectivity index (χ1) is 33.1. The Hall–Kier alpha value is -5.41. The Morgan fingerprint density at radius 3 is 0.896 bits per heavy atom. The van der Waals surface area contributed by atoms with E-state index >= 15 is 0 Å². The molecule has 4 heteroatoms. The normalized spacial score (nSPS) is 17.3. The van der Waals surface area contributed by atoms with Gasteiger partial charge in [0.25, 0.3) is 0 Å². The Morgan fingerprint density at radius 1 is 0.328 bits per heavy atom. The average molecular weight is 1060 g/mol. The number of anilines is 3. The fourth-order valence-electron chi connectivity index (χ4n) is 10.1. The van der Waals surface area contributed by atoms with Crippen LogP contribution in [-0.2, 0) is 35.7 Å². The van der Waals surface area contributed by atoms with Crippen LogP contribution in [0.15, 0.2) is 164 Å². The molecular weight excluding hydrogens is 991 g/mol. The standard InChI is InChI=1S/3C21H24N.Ir/c3*1-2-3-4-5-8-18-11-13-21(14-12-18)22-16-15-19-9-6-7-10-20(19)17-22;/h3*6-7,9-17H,2-5,8H2,1H3;. The van der Waals surface area contributed by atoms with E-state index in [1.807, 2.05) is 0 Å². The molecule has 3 unspecified atom stereocenters. The number of fused-ring (bicyclic) bond motifs is 3. The first kappa shape index (κ1) is 46.7. The molecule has 0 saturated heterocycles. The summed E-state index contributed by atoms with van der Waals surface area (Å²) >= 11 is -2.84. The Morgan fingerprint density at radius 2 is 0.612 bits per heavy atom. The quantitative estimate of drug-likeness (QED) is 0.0665. The van der Waals surface area contributed by atoms with Crippen LogP contribution in [-0.4, -0.2) is 0 Å². The molecule has 0 bridgehead atoms. The number of benzene rings is 6. The summed E-state index contributed by atoms with van der Waals surface area (Å²) in [5.41, 5.74) is 16.4. The van der Waals surface area contributed by atoms with Crippen molar-refractivity contribution in [1.82, 2.24) is 0 Å². The van der Waals surface area contributed by atoms with Crippen molar-refractivity contribution in [3.63, 3.8) is 0 Å². The summed E-state index contributed by atoms with van der Waals surface area (Å²) in [5, 5.41) is 0. The van der Waals surface area contributed by atoms with E-state index in [9.17, 15) is 0 Å². The molecular formula is C63H72IrN3. The Kier molecular flexibility index (Phi) is 16.1. The number of aryl methyl sites for hydroxylation is 3. The number of hydrogen-bond acceptors (Lipinski definition) is 3. The second kappa shape index (κ2) is 23.1. The third-order valence-corrected chi connectivity index (χ3v) is 22.7. The van der Waals surface area contributed by atoms with E-state index in [0.717, 1.165) is 19.3 Å². The van der Waals surface area contributed by atoms with Crippen LogP contribution in [0.2, 0.25) is 0 Å². The van der Waals surface area contributed by atoms with Crippen LogP contribution < -0.4 is 14.7 Å². The van der Waals surface area contributed by atoms with Gasteiger partial charge >= 0.3 is 411 Å². The molecule has 6 aromatic carbocycles. The minimum atomic E-state index is -2.84. The van der Waals surface area contributed by atoms with E-state index < -0.39 is 16.5 Å². The van der Waals surface area contributed by atoms with Crippen molar-refractivity contribution in [2.75, 3.05) is 14.7 Å². The molecule has 9 rings (SSSR count). The third kappa shape index (κ3) is 10.8. The monoisotopic (exact) mass is 1060 g/mol. The minimum absolute atomic E-state index is 0.131. The fraction of sp³-hybridized carbons (Fsp3) is 0.333. The Balaban J connectivity index is 1.22. The van der Waals surface area contributed by atoms with Crippen molar-refractivity contribution in [3.8, 4) is 0 Å². The summed E-state index contributed by atoms with van der Waals surface area (Å²) in [4.78, 5) is 8.11. The number of rotatable bonds is 21. The van der Waals surface area contributed by atoms with Crippen LogP contribution >= 0.6 is 0 Å². The van der Waals surface area contributed by atoms with Gasteiger partial charge in [-0.2, -0.15) is 0 Å². The van der Waals surface area contributed by atoms with E-state index in [2.05, 4.69) is 218 Å². The van der Waals surface area contributed by atoms with Gasteiger partial charge < -0.3 is 0 Å². The van der Waals surface area contributed by atoms with Crippen LogP contribution in [0.3, 0.4) is 0 Å².